The summed E-state index contributed by atoms with van der Waals surface area (Å²) in [5, 5.41) is 6.32. The van der Waals surface area contributed by atoms with Crippen molar-refractivity contribution in [2.45, 2.75) is 11.8 Å². The van der Waals surface area contributed by atoms with Gasteiger partial charge in [-0.25, -0.2) is 13.4 Å². The highest BCUT2D eigenvalue weighted by Crippen LogP contribution is 2.18. The molecule has 29 heavy (non-hydrogen) atoms. The lowest BCUT2D eigenvalue weighted by Gasteiger charge is -2.12. The Balaban J connectivity index is 1.62. The van der Waals surface area contributed by atoms with Crippen LogP contribution in [-0.2, 0) is 10.0 Å². The predicted octanol–water partition coefficient (Wildman–Crippen LogP) is 3.89. The lowest BCUT2D eigenvalue weighted by molar-refractivity contribution is 0.101. The molecule has 148 valence electrons. The van der Waals surface area contributed by atoms with E-state index >= 15 is 0 Å². The molecule has 2 aromatic carbocycles. The number of ketones is 1. The number of nitrogens with zero attached hydrogens (tertiary/aromatic N) is 1. The third kappa shape index (κ3) is 5.59. The van der Waals surface area contributed by atoms with Crippen LogP contribution in [0.1, 0.15) is 17.3 Å². The van der Waals surface area contributed by atoms with Gasteiger partial charge in [0.25, 0.3) is 10.0 Å². The Morgan fingerprint density at radius 3 is 2.00 bits per heavy atom. The molecule has 0 spiro atoms. The molecular formula is C20H18N4O3S2. The molecule has 0 saturated carbocycles. The van der Waals surface area contributed by atoms with Crippen LogP contribution in [-0.4, -0.2) is 24.3 Å². The lowest BCUT2D eigenvalue weighted by Crippen LogP contribution is -2.19. The molecule has 0 aliphatic carbocycles. The summed E-state index contributed by atoms with van der Waals surface area (Å²) < 4.78 is 27.3. The monoisotopic (exact) mass is 426 g/mol. The number of carbonyl (C=O) groups is 1. The molecule has 0 fully saturated rings. The fraction of sp³-hybridized carbons (Fsp3) is 0.0500. The van der Waals surface area contributed by atoms with E-state index in [4.69, 9.17) is 12.2 Å². The minimum absolute atomic E-state index is 0.00942. The highest BCUT2D eigenvalue weighted by atomic mass is 32.2. The fourth-order valence-corrected chi connectivity index (χ4v) is 3.66. The van der Waals surface area contributed by atoms with Crippen LogP contribution in [0, 0.1) is 0 Å². The number of hydrogen-bond donors (Lipinski definition) is 3. The Labute approximate surface area is 174 Å². The topological polar surface area (TPSA) is 100 Å². The average Bonchev–Trinajstić information content (AvgIpc) is 2.69. The first kappa shape index (κ1) is 20.4. The van der Waals surface area contributed by atoms with Crippen molar-refractivity contribution >= 4 is 50.3 Å². The maximum atomic E-state index is 12.4. The molecule has 3 rings (SSSR count). The second kappa shape index (κ2) is 8.80. The quantitative estimate of drug-likeness (QED) is 0.406. The van der Waals surface area contributed by atoms with Gasteiger partial charge < -0.3 is 10.6 Å². The predicted molar refractivity (Wildman–Crippen MR) is 118 cm³/mol. The van der Waals surface area contributed by atoms with E-state index in [1.54, 1.807) is 54.6 Å². The molecule has 3 N–H and O–H groups in total. The van der Waals surface area contributed by atoms with Crippen LogP contribution < -0.4 is 15.4 Å². The first-order valence-electron chi connectivity index (χ1n) is 8.56. The van der Waals surface area contributed by atoms with Gasteiger partial charge in [0.1, 0.15) is 5.82 Å². The third-order valence-electron chi connectivity index (χ3n) is 3.88. The summed E-state index contributed by atoms with van der Waals surface area (Å²) >= 11 is 5.27. The molecule has 0 radical (unpaired) electrons. The summed E-state index contributed by atoms with van der Waals surface area (Å²) in [5.74, 6) is 0.237. The van der Waals surface area contributed by atoms with E-state index in [-0.39, 0.29) is 16.5 Å². The van der Waals surface area contributed by atoms with Crippen LogP contribution in [0.25, 0.3) is 0 Å². The van der Waals surface area contributed by atoms with Crippen LogP contribution in [0.4, 0.5) is 17.2 Å². The van der Waals surface area contributed by atoms with Crippen molar-refractivity contribution in [3.8, 4) is 0 Å². The highest BCUT2D eigenvalue weighted by molar-refractivity contribution is 7.92. The summed E-state index contributed by atoms with van der Waals surface area (Å²) in [6.45, 7) is 1.50. The van der Waals surface area contributed by atoms with Crippen LogP contribution in [0.5, 0.6) is 0 Å². The molecular weight excluding hydrogens is 408 g/mol. The smallest absolute Gasteiger partial charge is 0.263 e. The molecule has 3 aromatic rings. The molecule has 0 saturated heterocycles. The summed E-state index contributed by atoms with van der Waals surface area (Å²) in [7, 11) is -3.73. The zero-order valence-corrected chi connectivity index (χ0v) is 17.0. The van der Waals surface area contributed by atoms with Gasteiger partial charge in [0.15, 0.2) is 10.9 Å². The van der Waals surface area contributed by atoms with Crippen molar-refractivity contribution < 1.29 is 13.2 Å². The Bertz CT molecular complexity index is 1110. The van der Waals surface area contributed by atoms with Gasteiger partial charge in [0.05, 0.1) is 4.90 Å². The Hall–Kier alpha value is -3.30. The van der Waals surface area contributed by atoms with Crippen LogP contribution >= 0.6 is 12.2 Å². The van der Waals surface area contributed by atoms with Gasteiger partial charge in [-0.3, -0.25) is 9.52 Å². The molecule has 0 amide bonds. The molecule has 9 heteroatoms. The second-order valence-corrected chi connectivity index (χ2v) is 8.15. The third-order valence-corrected chi connectivity index (χ3v) is 5.45. The van der Waals surface area contributed by atoms with Crippen LogP contribution in [0.15, 0.2) is 77.8 Å². The highest BCUT2D eigenvalue weighted by Gasteiger charge is 2.14. The van der Waals surface area contributed by atoms with Gasteiger partial charge in [0, 0.05) is 23.1 Å². The number of nitrogens with one attached hydrogen (secondary N) is 3. The average molecular weight is 427 g/mol. The number of aromatic nitrogens is 1. The molecule has 0 aliphatic heterocycles. The van der Waals surface area contributed by atoms with Gasteiger partial charge in [-0.05, 0) is 79.8 Å². The molecule has 0 atom stereocenters. The molecule has 0 aliphatic rings. The minimum Gasteiger partial charge on any atom is -0.332 e. The Kier molecular flexibility index (Phi) is 6.20. The molecule has 1 heterocycles. The van der Waals surface area contributed by atoms with E-state index in [0.29, 0.717) is 16.4 Å². The Morgan fingerprint density at radius 2 is 1.48 bits per heavy atom. The number of rotatable bonds is 6. The zero-order chi connectivity index (χ0) is 20.9. The number of benzene rings is 2. The number of Topliss-reactive ketones (excluding diaryl/α,β-unsaturated/α-hetero) is 1. The van der Waals surface area contributed by atoms with E-state index in [9.17, 15) is 13.2 Å². The largest absolute Gasteiger partial charge is 0.332 e. The maximum Gasteiger partial charge on any atom is 0.263 e. The van der Waals surface area contributed by atoms with E-state index in [0.717, 1.165) is 5.69 Å². The number of pyridine rings is 1. The van der Waals surface area contributed by atoms with Crippen molar-refractivity contribution in [1.29, 1.82) is 0 Å². The number of hydrogen-bond acceptors (Lipinski definition) is 5. The molecule has 0 bridgehead atoms. The van der Waals surface area contributed by atoms with Gasteiger partial charge >= 0.3 is 0 Å². The normalized spacial score (nSPS) is 10.8. The van der Waals surface area contributed by atoms with Crippen molar-refractivity contribution in [2.75, 3.05) is 15.4 Å². The first-order valence-corrected chi connectivity index (χ1v) is 10.5. The standard InChI is InChI=1S/C20H18N4O3S2/c1-14(25)15-5-7-16(8-6-15)22-20(28)23-17-9-11-18(12-10-17)29(26,27)24-19-4-2-3-13-21-19/h2-13H,1H3,(H,21,24)(H2,22,23,28). The van der Waals surface area contributed by atoms with Gasteiger partial charge in [-0.1, -0.05) is 6.07 Å². The molecule has 0 unspecified atom stereocenters. The van der Waals surface area contributed by atoms with Crippen LogP contribution in [0.3, 0.4) is 0 Å². The molecule has 7 nitrogen and oxygen atoms in total. The van der Waals surface area contributed by atoms with Crippen molar-refractivity contribution in [3.05, 3.63) is 78.5 Å². The van der Waals surface area contributed by atoms with Crippen LogP contribution in [0.2, 0.25) is 0 Å². The van der Waals surface area contributed by atoms with Gasteiger partial charge in [-0.2, -0.15) is 0 Å². The second-order valence-electron chi connectivity index (χ2n) is 6.06. The van der Waals surface area contributed by atoms with Crippen molar-refractivity contribution in [3.63, 3.8) is 0 Å². The maximum absolute atomic E-state index is 12.4. The number of anilines is 3. The van der Waals surface area contributed by atoms with Crippen molar-refractivity contribution in [1.82, 2.24) is 4.98 Å². The molecule has 1 aromatic heterocycles. The lowest BCUT2D eigenvalue weighted by atomic mass is 10.1. The minimum atomic E-state index is -3.73. The summed E-state index contributed by atoms with van der Waals surface area (Å²) in [6.07, 6.45) is 1.51. The first-order chi connectivity index (χ1) is 13.8. The summed E-state index contributed by atoms with van der Waals surface area (Å²) in [6, 6.07) is 18.1. The fourth-order valence-electron chi connectivity index (χ4n) is 2.42. The number of sulfonamides is 1. The zero-order valence-electron chi connectivity index (χ0n) is 15.4. The number of thiocarbonyl (C=S) groups is 1. The van der Waals surface area contributed by atoms with Gasteiger partial charge in [0.2, 0.25) is 0 Å². The van der Waals surface area contributed by atoms with E-state index in [1.807, 2.05) is 0 Å². The Morgan fingerprint density at radius 1 is 0.897 bits per heavy atom. The number of carbonyl (C=O) groups excluding carboxylic acids is 1. The SMILES string of the molecule is CC(=O)c1ccc(NC(=S)Nc2ccc(S(=O)(=O)Nc3ccccn3)cc2)cc1. The summed E-state index contributed by atoms with van der Waals surface area (Å²) in [4.78, 5) is 15.4. The van der Waals surface area contributed by atoms with E-state index in [1.165, 1.54) is 25.3 Å². The van der Waals surface area contributed by atoms with E-state index in [2.05, 4.69) is 20.3 Å². The van der Waals surface area contributed by atoms with E-state index < -0.39 is 10.0 Å². The summed E-state index contributed by atoms with van der Waals surface area (Å²) in [5.41, 5.74) is 1.97. The van der Waals surface area contributed by atoms with Gasteiger partial charge in [-0.15, -0.1) is 0 Å². The van der Waals surface area contributed by atoms with Crippen molar-refractivity contribution in [2.24, 2.45) is 0 Å².